The third kappa shape index (κ3) is 5.31. The number of sulfonamides is 1. The van der Waals surface area contributed by atoms with Crippen LogP contribution in [0.5, 0.6) is 0 Å². The molecule has 1 amide bonds. The average molecular weight is 432 g/mol. The van der Waals surface area contributed by atoms with Gasteiger partial charge in [0.2, 0.25) is 15.9 Å². The van der Waals surface area contributed by atoms with Crippen molar-refractivity contribution in [2.24, 2.45) is 0 Å². The van der Waals surface area contributed by atoms with E-state index in [0.717, 1.165) is 10.6 Å². The van der Waals surface area contributed by atoms with E-state index < -0.39 is 27.4 Å². The Morgan fingerprint density at radius 2 is 1.89 bits per heavy atom. The third-order valence-corrected chi connectivity index (χ3v) is 5.24. The van der Waals surface area contributed by atoms with Gasteiger partial charge in [-0.3, -0.25) is 19.2 Å². The second-order valence-electron chi connectivity index (χ2n) is 5.67. The molecule has 11 heteroatoms. The van der Waals surface area contributed by atoms with Gasteiger partial charge in [-0.25, -0.2) is 8.42 Å². The Labute approximate surface area is 165 Å². The molecule has 0 radical (unpaired) electrons. The molecule has 0 bridgehead atoms. The van der Waals surface area contributed by atoms with E-state index in [9.17, 15) is 23.3 Å². The van der Waals surface area contributed by atoms with Gasteiger partial charge >= 0.3 is 0 Å². The molecule has 0 aliphatic heterocycles. The summed E-state index contributed by atoms with van der Waals surface area (Å²) in [6.07, 6.45) is 0.934. The minimum absolute atomic E-state index is 0.0623. The van der Waals surface area contributed by atoms with Gasteiger partial charge in [-0.2, -0.15) is 0 Å². The molecule has 0 spiro atoms. The van der Waals surface area contributed by atoms with Crippen LogP contribution >= 0.6 is 23.2 Å². The number of nitrogens with zero attached hydrogens (tertiary/aromatic N) is 2. The Morgan fingerprint density at radius 3 is 2.44 bits per heavy atom. The molecule has 0 aromatic heterocycles. The maximum atomic E-state index is 12.4. The largest absolute Gasteiger partial charge is 0.324 e. The number of rotatable bonds is 6. The highest BCUT2D eigenvalue weighted by atomic mass is 35.5. The van der Waals surface area contributed by atoms with E-state index in [-0.39, 0.29) is 22.1 Å². The zero-order valence-electron chi connectivity index (χ0n) is 14.3. The summed E-state index contributed by atoms with van der Waals surface area (Å²) in [5, 5.41) is 13.8. The van der Waals surface area contributed by atoms with Crippen molar-refractivity contribution in [3.05, 3.63) is 62.1 Å². The molecule has 1 N–H and O–H groups in total. The zero-order chi connectivity index (χ0) is 20.4. The van der Waals surface area contributed by atoms with E-state index in [0.29, 0.717) is 10.6 Å². The summed E-state index contributed by atoms with van der Waals surface area (Å²) in [7, 11) is -3.84. The van der Waals surface area contributed by atoms with Gasteiger partial charge in [-0.1, -0.05) is 29.3 Å². The number of aryl methyl sites for hydroxylation is 1. The second kappa shape index (κ2) is 8.12. The number of carbonyl (C=O) groups is 1. The second-order valence-corrected chi connectivity index (χ2v) is 8.42. The first-order chi connectivity index (χ1) is 12.5. The quantitative estimate of drug-likeness (QED) is 0.554. The van der Waals surface area contributed by atoms with Crippen molar-refractivity contribution in [1.29, 1.82) is 0 Å². The van der Waals surface area contributed by atoms with Crippen LogP contribution in [0, 0.1) is 17.0 Å². The van der Waals surface area contributed by atoms with Gasteiger partial charge in [0.15, 0.2) is 0 Å². The highest BCUT2D eigenvalue weighted by molar-refractivity contribution is 7.92. The van der Waals surface area contributed by atoms with E-state index in [1.807, 2.05) is 0 Å². The summed E-state index contributed by atoms with van der Waals surface area (Å²) in [6, 6.07) is 8.19. The molecule has 144 valence electrons. The molecule has 2 rings (SSSR count). The third-order valence-electron chi connectivity index (χ3n) is 3.57. The van der Waals surface area contributed by atoms with Gasteiger partial charge in [0, 0.05) is 17.2 Å². The monoisotopic (exact) mass is 431 g/mol. The number of hydrogen-bond donors (Lipinski definition) is 1. The maximum absolute atomic E-state index is 12.4. The molecule has 0 saturated carbocycles. The molecule has 0 heterocycles. The number of benzene rings is 2. The van der Waals surface area contributed by atoms with Gasteiger partial charge in [0.1, 0.15) is 6.54 Å². The van der Waals surface area contributed by atoms with E-state index in [4.69, 9.17) is 23.2 Å². The lowest BCUT2D eigenvalue weighted by atomic mass is 10.2. The lowest BCUT2D eigenvalue weighted by molar-refractivity contribution is -0.384. The lowest BCUT2D eigenvalue weighted by Crippen LogP contribution is -2.37. The number of nitro groups is 1. The van der Waals surface area contributed by atoms with E-state index in [2.05, 4.69) is 5.32 Å². The summed E-state index contributed by atoms with van der Waals surface area (Å²) in [4.78, 5) is 22.7. The van der Waals surface area contributed by atoms with Gasteiger partial charge in [0.25, 0.3) is 5.69 Å². The van der Waals surface area contributed by atoms with E-state index in [1.54, 1.807) is 6.92 Å². The van der Waals surface area contributed by atoms with Crippen molar-refractivity contribution >= 4 is 56.2 Å². The number of carbonyl (C=O) groups excluding carboxylic acids is 1. The first-order valence-corrected chi connectivity index (χ1v) is 10.1. The molecular formula is C16H15Cl2N3O5S. The Bertz CT molecular complexity index is 1010. The van der Waals surface area contributed by atoms with Gasteiger partial charge in [0.05, 0.1) is 27.6 Å². The van der Waals surface area contributed by atoms with Gasteiger partial charge in [-0.05, 0) is 30.7 Å². The van der Waals surface area contributed by atoms with Crippen LogP contribution in [0.15, 0.2) is 36.4 Å². The normalized spacial score (nSPS) is 11.1. The number of hydrogen-bond acceptors (Lipinski definition) is 5. The fraction of sp³-hybridized carbons (Fsp3) is 0.188. The molecule has 2 aromatic rings. The molecule has 0 aliphatic carbocycles. The topological polar surface area (TPSA) is 110 Å². The average Bonchev–Trinajstić information content (AvgIpc) is 2.54. The first-order valence-electron chi connectivity index (χ1n) is 7.46. The predicted octanol–water partition coefficient (Wildman–Crippen LogP) is 3.61. The fourth-order valence-electron chi connectivity index (χ4n) is 2.24. The molecule has 0 saturated heterocycles. The number of nitro benzene ring substituents is 1. The zero-order valence-corrected chi connectivity index (χ0v) is 16.6. The molecule has 0 atom stereocenters. The molecular weight excluding hydrogens is 417 g/mol. The SMILES string of the molecule is Cc1ccc([N+](=O)[O-])cc1NC(=O)CN(c1ccc(Cl)cc1Cl)S(C)(=O)=O. The minimum atomic E-state index is -3.84. The summed E-state index contributed by atoms with van der Waals surface area (Å²) >= 11 is 11.9. The summed E-state index contributed by atoms with van der Waals surface area (Å²) in [5.74, 6) is -0.685. The van der Waals surface area contributed by atoms with E-state index >= 15 is 0 Å². The highest BCUT2D eigenvalue weighted by Crippen LogP contribution is 2.30. The summed E-state index contributed by atoms with van der Waals surface area (Å²) in [6.45, 7) is 1.09. The molecule has 8 nitrogen and oxygen atoms in total. The maximum Gasteiger partial charge on any atom is 0.271 e. The van der Waals surface area contributed by atoms with Crippen LogP contribution in [0.1, 0.15) is 5.56 Å². The number of amides is 1. The lowest BCUT2D eigenvalue weighted by Gasteiger charge is -2.23. The Hall–Kier alpha value is -2.36. The van der Waals surface area contributed by atoms with Crippen molar-refractivity contribution in [1.82, 2.24) is 0 Å². The predicted molar refractivity (Wildman–Crippen MR) is 105 cm³/mol. The van der Waals surface area contributed by atoms with Crippen molar-refractivity contribution < 1.29 is 18.1 Å². The summed E-state index contributed by atoms with van der Waals surface area (Å²) < 4.78 is 25.1. The summed E-state index contributed by atoms with van der Waals surface area (Å²) in [5.41, 5.74) is 0.695. The smallest absolute Gasteiger partial charge is 0.271 e. The van der Waals surface area contributed by atoms with Crippen molar-refractivity contribution in [2.45, 2.75) is 6.92 Å². The van der Waals surface area contributed by atoms with Crippen molar-refractivity contribution in [3.8, 4) is 0 Å². The number of halogens is 2. The van der Waals surface area contributed by atoms with Crippen LogP contribution in [-0.4, -0.2) is 32.0 Å². The molecule has 0 fully saturated rings. The first kappa shape index (κ1) is 20.9. The Morgan fingerprint density at radius 1 is 1.22 bits per heavy atom. The van der Waals surface area contributed by atoms with Gasteiger partial charge in [-0.15, -0.1) is 0 Å². The Balaban J connectivity index is 2.30. The van der Waals surface area contributed by atoms with Crippen LogP contribution < -0.4 is 9.62 Å². The van der Waals surface area contributed by atoms with Crippen LogP contribution in [0.4, 0.5) is 17.1 Å². The van der Waals surface area contributed by atoms with Crippen LogP contribution in [-0.2, 0) is 14.8 Å². The fourth-order valence-corrected chi connectivity index (χ4v) is 3.67. The van der Waals surface area contributed by atoms with Crippen LogP contribution in [0.2, 0.25) is 10.0 Å². The van der Waals surface area contributed by atoms with Gasteiger partial charge < -0.3 is 5.32 Å². The molecule has 0 unspecified atom stereocenters. The van der Waals surface area contributed by atoms with Crippen molar-refractivity contribution in [3.63, 3.8) is 0 Å². The Kier molecular flexibility index (Phi) is 6.30. The van der Waals surface area contributed by atoms with Crippen LogP contribution in [0.3, 0.4) is 0 Å². The standard InChI is InChI=1S/C16H15Cl2N3O5S/c1-10-3-5-12(21(23)24)8-14(10)19-16(22)9-20(27(2,25)26)15-6-4-11(17)7-13(15)18/h3-8H,9H2,1-2H3,(H,19,22). The number of anilines is 2. The number of non-ortho nitro benzene ring substituents is 1. The van der Waals surface area contributed by atoms with Crippen LogP contribution in [0.25, 0.3) is 0 Å². The van der Waals surface area contributed by atoms with E-state index in [1.165, 1.54) is 36.4 Å². The number of nitrogens with one attached hydrogen (secondary N) is 1. The highest BCUT2D eigenvalue weighted by Gasteiger charge is 2.23. The molecule has 2 aromatic carbocycles. The van der Waals surface area contributed by atoms with Crippen molar-refractivity contribution in [2.75, 3.05) is 22.4 Å². The molecule has 0 aliphatic rings. The minimum Gasteiger partial charge on any atom is -0.324 e. The molecule has 27 heavy (non-hydrogen) atoms.